The standard InChI is InChI=1S/C4H12NO8P/c6-2(1-13-14(10,11)12)3(7)4(8)5-9/h2-9H,1H2,(H2,10,11,12)/t2-,3+,4-/m0/s1. The maximum atomic E-state index is 10.1. The Morgan fingerprint density at radius 1 is 1.29 bits per heavy atom. The van der Waals surface area contributed by atoms with E-state index in [4.69, 9.17) is 30.3 Å². The first kappa shape index (κ1) is 13.9. The van der Waals surface area contributed by atoms with Gasteiger partial charge in [-0.2, -0.15) is 5.48 Å². The number of aliphatic hydroxyl groups excluding tert-OH is 3. The van der Waals surface area contributed by atoms with Crippen molar-refractivity contribution in [2.75, 3.05) is 6.61 Å². The molecule has 0 heterocycles. The van der Waals surface area contributed by atoms with E-state index in [1.807, 2.05) is 0 Å². The summed E-state index contributed by atoms with van der Waals surface area (Å²) in [4.78, 5) is 16.4. The predicted molar refractivity (Wildman–Crippen MR) is 40.9 cm³/mol. The summed E-state index contributed by atoms with van der Waals surface area (Å²) in [6, 6.07) is 0. The zero-order valence-corrected chi connectivity index (χ0v) is 7.78. The molecule has 0 spiro atoms. The summed E-state index contributed by atoms with van der Waals surface area (Å²) in [6.07, 6.45) is -5.44. The van der Waals surface area contributed by atoms with Crippen molar-refractivity contribution in [1.29, 1.82) is 0 Å². The van der Waals surface area contributed by atoms with Gasteiger partial charge in [-0.25, -0.2) is 4.57 Å². The maximum absolute atomic E-state index is 10.1. The third-order valence-electron chi connectivity index (χ3n) is 1.26. The Hall–Kier alpha value is -0.0900. The van der Waals surface area contributed by atoms with E-state index in [0.717, 1.165) is 0 Å². The third-order valence-corrected chi connectivity index (χ3v) is 1.75. The van der Waals surface area contributed by atoms with E-state index in [-0.39, 0.29) is 0 Å². The highest BCUT2D eigenvalue weighted by Gasteiger charge is 2.27. The Bertz CT molecular complexity index is 206. The molecule has 0 bridgehead atoms. The summed E-state index contributed by atoms with van der Waals surface area (Å²) in [6.45, 7) is -0.885. The van der Waals surface area contributed by atoms with E-state index >= 15 is 0 Å². The lowest BCUT2D eigenvalue weighted by Gasteiger charge is -2.21. The predicted octanol–water partition coefficient (Wildman–Crippen LogP) is -2.89. The molecule has 0 fully saturated rings. The Labute approximate surface area is 78.8 Å². The first-order valence-corrected chi connectivity index (χ1v) is 4.95. The summed E-state index contributed by atoms with van der Waals surface area (Å²) >= 11 is 0. The molecule has 0 aliphatic carbocycles. The Kier molecular flexibility index (Phi) is 5.67. The van der Waals surface area contributed by atoms with Crippen molar-refractivity contribution in [3.8, 4) is 0 Å². The smallest absolute Gasteiger partial charge is 0.388 e. The fourth-order valence-electron chi connectivity index (χ4n) is 0.559. The van der Waals surface area contributed by atoms with Crippen LogP contribution in [0.2, 0.25) is 0 Å². The molecule has 0 aromatic heterocycles. The van der Waals surface area contributed by atoms with Gasteiger partial charge in [0.25, 0.3) is 0 Å². The minimum Gasteiger partial charge on any atom is -0.388 e. The molecule has 0 unspecified atom stereocenters. The number of phosphoric acid groups is 1. The molecule has 0 aromatic rings. The molecule has 0 aromatic carbocycles. The van der Waals surface area contributed by atoms with Gasteiger partial charge in [0.15, 0.2) is 6.23 Å². The second kappa shape index (κ2) is 5.71. The molecular formula is C4H12NO8P. The fraction of sp³-hybridized carbons (Fsp3) is 1.00. The van der Waals surface area contributed by atoms with Crippen LogP contribution >= 0.6 is 7.82 Å². The largest absolute Gasteiger partial charge is 0.469 e. The lowest BCUT2D eigenvalue weighted by molar-refractivity contribution is -0.123. The molecule has 86 valence electrons. The van der Waals surface area contributed by atoms with Gasteiger partial charge >= 0.3 is 7.82 Å². The van der Waals surface area contributed by atoms with Crippen LogP contribution in [0, 0.1) is 0 Å². The third kappa shape index (κ3) is 5.60. The Balaban J connectivity index is 3.96. The van der Waals surface area contributed by atoms with Crippen molar-refractivity contribution in [2.24, 2.45) is 0 Å². The van der Waals surface area contributed by atoms with Gasteiger partial charge < -0.3 is 30.3 Å². The number of phosphoric ester groups is 1. The van der Waals surface area contributed by atoms with E-state index in [0.29, 0.717) is 0 Å². The molecule has 7 N–H and O–H groups in total. The van der Waals surface area contributed by atoms with Crippen LogP contribution in [0.5, 0.6) is 0 Å². The maximum Gasteiger partial charge on any atom is 0.469 e. The van der Waals surface area contributed by atoms with Crippen molar-refractivity contribution in [3.05, 3.63) is 0 Å². The summed E-state index contributed by atoms with van der Waals surface area (Å²) in [5, 5.41) is 34.7. The van der Waals surface area contributed by atoms with Gasteiger partial charge in [-0.15, -0.1) is 0 Å². The van der Waals surface area contributed by atoms with E-state index in [1.165, 1.54) is 5.48 Å². The van der Waals surface area contributed by atoms with Gasteiger partial charge in [0.05, 0.1) is 6.61 Å². The first-order valence-electron chi connectivity index (χ1n) is 3.42. The van der Waals surface area contributed by atoms with Gasteiger partial charge in [0, 0.05) is 0 Å². The zero-order valence-electron chi connectivity index (χ0n) is 6.89. The van der Waals surface area contributed by atoms with Gasteiger partial charge in [0.2, 0.25) is 0 Å². The molecular weight excluding hydrogens is 221 g/mol. The quantitative estimate of drug-likeness (QED) is 0.145. The number of hydrogen-bond acceptors (Lipinski definition) is 7. The summed E-state index contributed by atoms with van der Waals surface area (Å²) < 4.78 is 14.0. The Morgan fingerprint density at radius 3 is 2.14 bits per heavy atom. The highest BCUT2D eigenvalue weighted by Crippen LogP contribution is 2.35. The van der Waals surface area contributed by atoms with Crippen LogP contribution in [0.1, 0.15) is 0 Å². The molecule has 10 heteroatoms. The van der Waals surface area contributed by atoms with E-state index in [9.17, 15) is 4.57 Å². The number of hydrogen-bond donors (Lipinski definition) is 7. The molecule has 9 nitrogen and oxygen atoms in total. The molecule has 0 radical (unpaired) electrons. The number of nitrogens with one attached hydrogen (secondary N) is 1. The minimum absolute atomic E-state index is 0.885. The minimum atomic E-state index is -4.73. The highest BCUT2D eigenvalue weighted by molar-refractivity contribution is 7.46. The van der Waals surface area contributed by atoms with E-state index in [1.54, 1.807) is 0 Å². The molecule has 14 heavy (non-hydrogen) atoms. The number of aliphatic hydroxyl groups is 3. The van der Waals surface area contributed by atoms with Crippen LogP contribution in [-0.2, 0) is 9.09 Å². The SMILES string of the molecule is O=P(O)(O)OC[C@H](O)[C@@H](O)[C@H](O)NO. The summed E-state index contributed by atoms with van der Waals surface area (Å²) in [7, 11) is -4.73. The average Bonchev–Trinajstić information content (AvgIpc) is 2.10. The number of rotatable bonds is 6. The van der Waals surface area contributed by atoms with Crippen molar-refractivity contribution in [3.63, 3.8) is 0 Å². The van der Waals surface area contributed by atoms with Gasteiger partial charge in [-0.3, -0.25) is 4.52 Å². The molecule has 0 aliphatic heterocycles. The summed E-state index contributed by atoms with van der Waals surface area (Å²) in [5.74, 6) is 0. The van der Waals surface area contributed by atoms with Crippen LogP contribution in [0.4, 0.5) is 0 Å². The van der Waals surface area contributed by atoms with Crippen molar-refractivity contribution < 1.29 is 39.4 Å². The fourth-order valence-corrected chi connectivity index (χ4v) is 0.906. The molecule has 0 amide bonds. The van der Waals surface area contributed by atoms with Crippen molar-refractivity contribution in [1.82, 2.24) is 5.48 Å². The van der Waals surface area contributed by atoms with Gasteiger partial charge in [-0.1, -0.05) is 0 Å². The van der Waals surface area contributed by atoms with Crippen molar-refractivity contribution >= 4 is 7.82 Å². The average molecular weight is 233 g/mol. The highest BCUT2D eigenvalue weighted by atomic mass is 31.2. The van der Waals surface area contributed by atoms with Crippen LogP contribution in [0.15, 0.2) is 0 Å². The lowest BCUT2D eigenvalue weighted by atomic mass is 10.2. The topological polar surface area (TPSA) is 160 Å². The van der Waals surface area contributed by atoms with Crippen LogP contribution in [0.3, 0.4) is 0 Å². The van der Waals surface area contributed by atoms with Crippen LogP contribution in [-0.4, -0.2) is 55.4 Å². The van der Waals surface area contributed by atoms with Gasteiger partial charge in [0.1, 0.15) is 12.2 Å². The Morgan fingerprint density at radius 2 is 1.79 bits per heavy atom. The van der Waals surface area contributed by atoms with Gasteiger partial charge in [-0.05, 0) is 0 Å². The molecule has 0 saturated heterocycles. The van der Waals surface area contributed by atoms with Crippen molar-refractivity contribution in [2.45, 2.75) is 18.4 Å². The van der Waals surface area contributed by atoms with E-state index < -0.39 is 32.9 Å². The van der Waals surface area contributed by atoms with Crippen LogP contribution < -0.4 is 5.48 Å². The molecule has 3 atom stereocenters. The lowest BCUT2D eigenvalue weighted by Crippen LogP contribution is -2.46. The molecule has 0 rings (SSSR count). The summed E-state index contributed by atoms with van der Waals surface area (Å²) in [5.41, 5.74) is 1.24. The second-order valence-electron chi connectivity index (χ2n) is 2.42. The first-order chi connectivity index (χ1) is 6.28. The zero-order chi connectivity index (χ0) is 11.4. The monoisotopic (exact) mass is 233 g/mol. The van der Waals surface area contributed by atoms with E-state index in [2.05, 4.69) is 4.52 Å². The van der Waals surface area contributed by atoms with Crippen LogP contribution in [0.25, 0.3) is 0 Å². The number of hydroxylamine groups is 1. The normalized spacial score (nSPS) is 19.0. The second-order valence-corrected chi connectivity index (χ2v) is 3.66. The molecule has 0 saturated carbocycles. The molecule has 0 aliphatic rings.